The summed E-state index contributed by atoms with van der Waals surface area (Å²) >= 11 is 12.4. The second-order valence-corrected chi connectivity index (χ2v) is 8.39. The van der Waals surface area contributed by atoms with E-state index in [0.29, 0.717) is 16.0 Å². The van der Waals surface area contributed by atoms with E-state index in [1.165, 1.54) is 69.8 Å². The first kappa shape index (κ1) is 22.3. The molecule has 0 radical (unpaired) electrons. The number of nitrogens with zero attached hydrogens (tertiary/aromatic N) is 2. The molecule has 0 spiro atoms. The van der Waals surface area contributed by atoms with Crippen molar-refractivity contribution >= 4 is 23.2 Å². The summed E-state index contributed by atoms with van der Waals surface area (Å²) in [5, 5.41) is 1.30. The van der Waals surface area contributed by atoms with Gasteiger partial charge in [-0.25, -0.2) is 4.98 Å². The van der Waals surface area contributed by atoms with Crippen LogP contribution in [0.1, 0.15) is 89.0 Å². The molecule has 0 saturated carbocycles. The second kappa shape index (κ2) is 13.2. The molecule has 27 heavy (non-hydrogen) atoms. The molecule has 2 rings (SSSR count). The van der Waals surface area contributed by atoms with E-state index in [9.17, 15) is 0 Å². The largest absolute Gasteiger partial charge is 0.337 e. The lowest BCUT2D eigenvalue weighted by molar-refractivity contribution is 0.482. The quantitative estimate of drug-likeness (QED) is 0.287. The van der Waals surface area contributed by atoms with Crippen LogP contribution >= 0.6 is 23.2 Å². The van der Waals surface area contributed by atoms with Gasteiger partial charge in [0.25, 0.3) is 0 Å². The lowest BCUT2D eigenvalue weighted by Gasteiger charge is -2.18. The van der Waals surface area contributed by atoms with E-state index in [1.54, 1.807) is 0 Å². The van der Waals surface area contributed by atoms with Crippen LogP contribution in [0.2, 0.25) is 10.0 Å². The smallest absolute Gasteiger partial charge is 0.0945 e. The number of benzene rings is 1. The molecule has 1 aromatic heterocycles. The van der Waals surface area contributed by atoms with E-state index in [-0.39, 0.29) is 0 Å². The summed E-state index contributed by atoms with van der Waals surface area (Å²) in [5.41, 5.74) is 1.31. The molecular formula is C23H34Cl2N2. The van der Waals surface area contributed by atoms with Gasteiger partial charge in [-0.15, -0.1) is 0 Å². The Morgan fingerprint density at radius 3 is 2.22 bits per heavy atom. The summed E-state index contributed by atoms with van der Waals surface area (Å²) in [6.45, 7) is 3.26. The summed E-state index contributed by atoms with van der Waals surface area (Å²) in [4.78, 5) is 4.15. The van der Waals surface area contributed by atoms with Crippen LogP contribution in [-0.4, -0.2) is 9.55 Å². The van der Waals surface area contributed by atoms with Gasteiger partial charge in [0.1, 0.15) is 0 Å². The second-order valence-electron chi connectivity index (χ2n) is 7.58. The Kier molecular flexibility index (Phi) is 10.9. The lowest BCUT2D eigenvalue weighted by Crippen LogP contribution is -2.05. The van der Waals surface area contributed by atoms with Crippen molar-refractivity contribution in [2.45, 2.75) is 90.0 Å². The Labute approximate surface area is 175 Å². The van der Waals surface area contributed by atoms with Crippen molar-refractivity contribution < 1.29 is 0 Å². The molecular weight excluding hydrogens is 375 g/mol. The van der Waals surface area contributed by atoms with E-state index in [0.717, 1.165) is 13.0 Å². The van der Waals surface area contributed by atoms with Gasteiger partial charge in [-0.05, 0) is 36.5 Å². The van der Waals surface area contributed by atoms with Crippen LogP contribution in [0.3, 0.4) is 0 Å². The Morgan fingerprint density at radius 1 is 0.889 bits per heavy atom. The van der Waals surface area contributed by atoms with Crippen LogP contribution in [-0.2, 0) is 6.54 Å². The van der Waals surface area contributed by atoms with Gasteiger partial charge in [-0.1, -0.05) is 94.0 Å². The fourth-order valence-corrected chi connectivity index (χ4v) is 3.98. The molecule has 0 aliphatic carbocycles. The van der Waals surface area contributed by atoms with Gasteiger partial charge < -0.3 is 4.57 Å². The van der Waals surface area contributed by atoms with Crippen molar-refractivity contribution in [2.75, 3.05) is 0 Å². The molecule has 0 bridgehead atoms. The molecule has 2 nitrogen and oxygen atoms in total. The molecule has 2 aromatic rings. The summed E-state index contributed by atoms with van der Waals surface area (Å²) in [6.07, 6.45) is 20.4. The van der Waals surface area contributed by atoms with Crippen LogP contribution in [0.4, 0.5) is 0 Å². The molecule has 4 heteroatoms. The van der Waals surface area contributed by atoms with Gasteiger partial charge in [0.2, 0.25) is 0 Å². The van der Waals surface area contributed by atoms with Gasteiger partial charge in [0.05, 0.1) is 16.4 Å². The minimum atomic E-state index is 0.520. The number of unbranched alkanes of at least 4 members (excludes halogenated alkanes) is 8. The first-order chi connectivity index (χ1) is 13.2. The maximum Gasteiger partial charge on any atom is 0.0945 e. The fraction of sp³-hybridized carbons (Fsp3) is 0.609. The standard InChI is InChI=1S/C23H34Cl2N2/c1-2-3-4-5-6-7-8-9-10-11-20(14-16-27-17-15-26-19-27)21-12-13-22(24)23(25)18-21/h12-13,15,17-20H,2-11,14,16H2,1H3. The van der Waals surface area contributed by atoms with Crippen LogP contribution in [0.5, 0.6) is 0 Å². The number of hydrogen-bond acceptors (Lipinski definition) is 1. The van der Waals surface area contributed by atoms with Crippen LogP contribution in [0, 0.1) is 0 Å². The van der Waals surface area contributed by atoms with Crippen LogP contribution in [0.25, 0.3) is 0 Å². The maximum absolute atomic E-state index is 6.27. The third kappa shape index (κ3) is 8.70. The van der Waals surface area contributed by atoms with Gasteiger partial charge in [0, 0.05) is 18.9 Å². The normalized spacial score (nSPS) is 12.4. The van der Waals surface area contributed by atoms with Gasteiger partial charge in [-0.2, -0.15) is 0 Å². The summed E-state index contributed by atoms with van der Waals surface area (Å²) in [6, 6.07) is 6.12. The average Bonchev–Trinajstić information content (AvgIpc) is 3.19. The zero-order chi connectivity index (χ0) is 19.3. The maximum atomic E-state index is 6.27. The number of halogens is 2. The number of aryl methyl sites for hydroxylation is 1. The van der Waals surface area contributed by atoms with Crippen molar-refractivity contribution in [3.63, 3.8) is 0 Å². The van der Waals surface area contributed by atoms with E-state index < -0.39 is 0 Å². The van der Waals surface area contributed by atoms with Gasteiger partial charge in [0.15, 0.2) is 0 Å². The molecule has 1 unspecified atom stereocenters. The van der Waals surface area contributed by atoms with Crippen molar-refractivity contribution in [3.05, 3.63) is 52.5 Å². The Morgan fingerprint density at radius 2 is 1.59 bits per heavy atom. The highest BCUT2D eigenvalue weighted by molar-refractivity contribution is 6.42. The highest BCUT2D eigenvalue weighted by atomic mass is 35.5. The highest BCUT2D eigenvalue weighted by Gasteiger charge is 2.13. The van der Waals surface area contributed by atoms with Crippen LogP contribution in [0.15, 0.2) is 36.9 Å². The first-order valence-electron chi connectivity index (χ1n) is 10.6. The first-order valence-corrected chi connectivity index (χ1v) is 11.4. The Bertz CT molecular complexity index is 625. The SMILES string of the molecule is CCCCCCCCCCCC(CCn1ccnc1)c1ccc(Cl)c(Cl)c1. The molecule has 0 saturated heterocycles. The van der Waals surface area contributed by atoms with Gasteiger partial charge >= 0.3 is 0 Å². The average molecular weight is 409 g/mol. The zero-order valence-electron chi connectivity index (χ0n) is 16.7. The van der Waals surface area contributed by atoms with Crippen LogP contribution < -0.4 is 0 Å². The van der Waals surface area contributed by atoms with Crippen molar-refractivity contribution in [3.8, 4) is 0 Å². The molecule has 0 aliphatic rings. The number of hydrogen-bond donors (Lipinski definition) is 0. The predicted molar refractivity (Wildman–Crippen MR) is 118 cm³/mol. The molecule has 0 aliphatic heterocycles. The minimum Gasteiger partial charge on any atom is -0.337 e. The lowest BCUT2D eigenvalue weighted by atomic mass is 9.90. The fourth-order valence-electron chi connectivity index (χ4n) is 3.67. The van der Waals surface area contributed by atoms with E-state index in [4.69, 9.17) is 23.2 Å². The third-order valence-electron chi connectivity index (χ3n) is 5.37. The molecule has 1 atom stereocenters. The monoisotopic (exact) mass is 408 g/mol. The van der Waals surface area contributed by atoms with Gasteiger partial charge in [-0.3, -0.25) is 0 Å². The van der Waals surface area contributed by atoms with Crippen molar-refractivity contribution in [1.82, 2.24) is 9.55 Å². The third-order valence-corrected chi connectivity index (χ3v) is 6.11. The molecule has 1 aromatic carbocycles. The number of imidazole rings is 1. The summed E-state index contributed by atoms with van der Waals surface area (Å²) in [7, 11) is 0. The molecule has 0 N–H and O–H groups in total. The van der Waals surface area contributed by atoms with E-state index in [2.05, 4.69) is 28.6 Å². The Balaban J connectivity index is 1.76. The molecule has 1 heterocycles. The van der Waals surface area contributed by atoms with Crippen molar-refractivity contribution in [2.24, 2.45) is 0 Å². The highest BCUT2D eigenvalue weighted by Crippen LogP contribution is 2.31. The number of aromatic nitrogens is 2. The molecule has 0 fully saturated rings. The Hall–Kier alpha value is -0.990. The summed E-state index contributed by atoms with van der Waals surface area (Å²) in [5.74, 6) is 0.520. The van der Waals surface area contributed by atoms with E-state index >= 15 is 0 Å². The zero-order valence-corrected chi connectivity index (χ0v) is 18.2. The van der Waals surface area contributed by atoms with Crippen molar-refractivity contribution in [1.29, 1.82) is 0 Å². The molecule has 0 amide bonds. The predicted octanol–water partition coefficient (Wildman–Crippen LogP) is 8.28. The topological polar surface area (TPSA) is 17.8 Å². The summed E-state index contributed by atoms with van der Waals surface area (Å²) < 4.78 is 2.15. The van der Waals surface area contributed by atoms with E-state index in [1.807, 2.05) is 24.8 Å². The molecule has 150 valence electrons. The minimum absolute atomic E-state index is 0.520. The number of rotatable bonds is 14.